The summed E-state index contributed by atoms with van der Waals surface area (Å²) < 4.78 is 6.61. The lowest BCUT2D eigenvalue weighted by Gasteiger charge is -2.09. The molecule has 1 aliphatic rings. The molecule has 0 bridgehead atoms. The molecule has 1 fully saturated rings. The summed E-state index contributed by atoms with van der Waals surface area (Å²) in [5.41, 5.74) is 0. The van der Waals surface area contributed by atoms with Crippen LogP contribution in [0.5, 0.6) is 0 Å². The van der Waals surface area contributed by atoms with Crippen molar-refractivity contribution in [1.29, 1.82) is 0 Å². The van der Waals surface area contributed by atoms with Gasteiger partial charge in [0.1, 0.15) is 0 Å². The minimum absolute atomic E-state index is 0.137. The highest BCUT2D eigenvalue weighted by Crippen LogP contribution is 2.20. The van der Waals surface area contributed by atoms with Gasteiger partial charge in [0.25, 0.3) is 0 Å². The first kappa shape index (κ1) is 14.0. The number of carbonyl (C=O) groups excluding carboxylic acids is 1. The topological polar surface area (TPSA) is 38.3 Å². The normalized spacial score (nSPS) is 19.1. The van der Waals surface area contributed by atoms with E-state index in [2.05, 4.69) is 27.3 Å². The Labute approximate surface area is 120 Å². The molecule has 1 N–H and O–H groups in total. The summed E-state index contributed by atoms with van der Waals surface area (Å²) in [6, 6.07) is 2.07. The van der Waals surface area contributed by atoms with Gasteiger partial charge in [-0.15, -0.1) is 11.3 Å². The Morgan fingerprint density at radius 2 is 2.50 bits per heavy atom. The summed E-state index contributed by atoms with van der Waals surface area (Å²) >= 11 is 5.10. The Morgan fingerprint density at radius 3 is 3.17 bits per heavy atom. The van der Waals surface area contributed by atoms with Crippen molar-refractivity contribution in [3.8, 4) is 0 Å². The number of thiophene rings is 1. The van der Waals surface area contributed by atoms with Crippen LogP contribution in [-0.4, -0.2) is 25.2 Å². The van der Waals surface area contributed by atoms with Gasteiger partial charge in [-0.1, -0.05) is 0 Å². The predicted molar refractivity (Wildman–Crippen MR) is 76.9 cm³/mol. The monoisotopic (exact) mass is 331 g/mol. The van der Waals surface area contributed by atoms with Crippen molar-refractivity contribution in [2.24, 2.45) is 0 Å². The number of carbonyl (C=O) groups is 1. The molecule has 0 spiro atoms. The van der Waals surface area contributed by atoms with Crippen LogP contribution in [0.4, 0.5) is 0 Å². The first-order chi connectivity index (χ1) is 8.74. The SMILES string of the molecule is O=C(CCc1cc(Br)cs1)NCC[C@@H]1CCCO1. The van der Waals surface area contributed by atoms with E-state index < -0.39 is 0 Å². The first-order valence-electron chi connectivity index (χ1n) is 6.35. The molecule has 0 aliphatic carbocycles. The highest BCUT2D eigenvalue weighted by molar-refractivity contribution is 9.10. The van der Waals surface area contributed by atoms with E-state index >= 15 is 0 Å². The van der Waals surface area contributed by atoms with Gasteiger partial charge in [-0.2, -0.15) is 0 Å². The van der Waals surface area contributed by atoms with Gasteiger partial charge >= 0.3 is 0 Å². The molecule has 0 radical (unpaired) electrons. The zero-order chi connectivity index (χ0) is 12.8. The molecule has 1 saturated heterocycles. The number of aryl methyl sites for hydroxylation is 1. The number of halogens is 1. The van der Waals surface area contributed by atoms with Crippen LogP contribution in [0.15, 0.2) is 15.9 Å². The Balaban J connectivity index is 1.57. The van der Waals surface area contributed by atoms with E-state index in [0.717, 1.165) is 43.3 Å². The summed E-state index contributed by atoms with van der Waals surface area (Å²) in [6.07, 6.45) is 4.99. The third-order valence-electron chi connectivity index (χ3n) is 3.03. The molecular formula is C13H18BrNO2S. The summed E-state index contributed by atoms with van der Waals surface area (Å²) in [5, 5.41) is 5.01. The number of amides is 1. The number of nitrogens with one attached hydrogen (secondary N) is 1. The van der Waals surface area contributed by atoms with E-state index in [0.29, 0.717) is 12.5 Å². The molecule has 1 aliphatic heterocycles. The highest BCUT2D eigenvalue weighted by atomic mass is 79.9. The molecule has 18 heavy (non-hydrogen) atoms. The van der Waals surface area contributed by atoms with Gasteiger partial charge in [0.15, 0.2) is 0 Å². The third-order valence-corrected chi connectivity index (χ3v) is 4.79. The van der Waals surface area contributed by atoms with Crippen LogP contribution >= 0.6 is 27.3 Å². The second-order valence-corrected chi connectivity index (χ2v) is 6.42. The van der Waals surface area contributed by atoms with Gasteiger partial charge in [0.05, 0.1) is 6.10 Å². The molecule has 2 heterocycles. The van der Waals surface area contributed by atoms with Crippen LogP contribution in [-0.2, 0) is 16.0 Å². The molecule has 5 heteroatoms. The maximum atomic E-state index is 11.6. The fraction of sp³-hybridized carbons (Fsp3) is 0.615. The molecule has 1 aromatic rings. The fourth-order valence-corrected chi connectivity index (χ4v) is 3.51. The summed E-state index contributed by atoms with van der Waals surface area (Å²) in [7, 11) is 0. The van der Waals surface area contributed by atoms with E-state index in [-0.39, 0.29) is 5.91 Å². The van der Waals surface area contributed by atoms with E-state index in [1.165, 1.54) is 4.88 Å². The maximum Gasteiger partial charge on any atom is 0.220 e. The number of hydrogen-bond acceptors (Lipinski definition) is 3. The summed E-state index contributed by atoms with van der Waals surface area (Å²) in [5.74, 6) is 0.137. The second kappa shape index (κ2) is 7.26. The van der Waals surface area contributed by atoms with E-state index in [9.17, 15) is 4.79 Å². The lowest BCUT2D eigenvalue weighted by atomic mass is 10.2. The smallest absolute Gasteiger partial charge is 0.220 e. The van der Waals surface area contributed by atoms with Crippen molar-refractivity contribution in [3.63, 3.8) is 0 Å². The van der Waals surface area contributed by atoms with Gasteiger partial charge in [-0.05, 0) is 47.7 Å². The Hall–Kier alpha value is -0.390. The Morgan fingerprint density at radius 1 is 1.61 bits per heavy atom. The molecule has 0 aromatic carbocycles. The molecule has 2 rings (SSSR count). The molecule has 0 unspecified atom stereocenters. The van der Waals surface area contributed by atoms with Crippen molar-refractivity contribution in [3.05, 3.63) is 20.8 Å². The maximum absolute atomic E-state index is 11.6. The van der Waals surface area contributed by atoms with Gasteiger partial charge in [0.2, 0.25) is 5.91 Å². The molecule has 1 atom stereocenters. The third kappa shape index (κ3) is 4.71. The zero-order valence-electron chi connectivity index (χ0n) is 10.3. The van der Waals surface area contributed by atoms with Crippen molar-refractivity contribution in [1.82, 2.24) is 5.32 Å². The summed E-state index contributed by atoms with van der Waals surface area (Å²) in [4.78, 5) is 12.9. The highest BCUT2D eigenvalue weighted by Gasteiger charge is 2.15. The Bertz CT molecular complexity index is 388. The number of ether oxygens (including phenoxy) is 1. The van der Waals surface area contributed by atoms with Crippen LogP contribution < -0.4 is 5.32 Å². The standard InChI is InChI=1S/C13H18BrNO2S/c14-10-8-12(18-9-10)3-4-13(16)15-6-5-11-2-1-7-17-11/h8-9,11H,1-7H2,(H,15,16)/t11-/m0/s1. The molecule has 3 nitrogen and oxygen atoms in total. The van der Waals surface area contributed by atoms with E-state index in [4.69, 9.17) is 4.74 Å². The second-order valence-electron chi connectivity index (χ2n) is 4.50. The predicted octanol–water partition coefficient (Wildman–Crippen LogP) is 3.13. The Kier molecular flexibility index (Phi) is 5.66. The van der Waals surface area contributed by atoms with Gasteiger partial charge in [-0.3, -0.25) is 4.79 Å². The van der Waals surface area contributed by atoms with Gasteiger partial charge in [0, 0.05) is 34.3 Å². The summed E-state index contributed by atoms with van der Waals surface area (Å²) in [6.45, 7) is 1.61. The van der Waals surface area contributed by atoms with Gasteiger partial charge < -0.3 is 10.1 Å². The fourth-order valence-electron chi connectivity index (χ4n) is 2.05. The van der Waals surface area contributed by atoms with E-state index in [1.54, 1.807) is 11.3 Å². The van der Waals surface area contributed by atoms with E-state index in [1.807, 2.05) is 5.38 Å². The average molecular weight is 332 g/mol. The van der Waals surface area contributed by atoms with Crippen LogP contribution in [0.3, 0.4) is 0 Å². The molecule has 1 amide bonds. The number of hydrogen-bond donors (Lipinski definition) is 1. The molecule has 0 saturated carbocycles. The molecule has 1 aromatic heterocycles. The van der Waals surface area contributed by atoms with Crippen molar-refractivity contribution in [2.45, 2.75) is 38.2 Å². The van der Waals surface area contributed by atoms with Crippen LogP contribution in [0, 0.1) is 0 Å². The molecule has 100 valence electrons. The quantitative estimate of drug-likeness (QED) is 0.869. The largest absolute Gasteiger partial charge is 0.378 e. The van der Waals surface area contributed by atoms with Crippen molar-refractivity contribution >= 4 is 33.2 Å². The zero-order valence-corrected chi connectivity index (χ0v) is 12.7. The lowest BCUT2D eigenvalue weighted by molar-refractivity contribution is -0.121. The molecular weight excluding hydrogens is 314 g/mol. The lowest BCUT2D eigenvalue weighted by Crippen LogP contribution is -2.27. The van der Waals surface area contributed by atoms with Crippen LogP contribution in [0.1, 0.15) is 30.6 Å². The minimum atomic E-state index is 0.137. The van der Waals surface area contributed by atoms with Crippen molar-refractivity contribution < 1.29 is 9.53 Å². The van der Waals surface area contributed by atoms with Crippen LogP contribution in [0.2, 0.25) is 0 Å². The average Bonchev–Trinajstić information content (AvgIpc) is 2.98. The first-order valence-corrected chi connectivity index (χ1v) is 8.02. The van der Waals surface area contributed by atoms with Gasteiger partial charge in [-0.25, -0.2) is 0 Å². The van der Waals surface area contributed by atoms with Crippen LogP contribution in [0.25, 0.3) is 0 Å². The van der Waals surface area contributed by atoms with Crippen molar-refractivity contribution in [2.75, 3.05) is 13.2 Å². The minimum Gasteiger partial charge on any atom is -0.378 e. The number of rotatable bonds is 6.